The maximum atomic E-state index is 11.8. The quantitative estimate of drug-likeness (QED) is 0.846. The molecule has 0 atom stereocenters. The van der Waals surface area contributed by atoms with Gasteiger partial charge >= 0.3 is 5.97 Å². The average molecular weight is 273 g/mol. The minimum Gasteiger partial charge on any atom is -0.478 e. The molecule has 2 aromatic rings. The lowest BCUT2D eigenvalue weighted by Crippen LogP contribution is -2.03. The highest BCUT2D eigenvalue weighted by Gasteiger charge is 2.18. The minimum atomic E-state index is -0.954. The monoisotopic (exact) mass is 273 g/mol. The third-order valence-electron chi connectivity index (χ3n) is 3.48. The van der Waals surface area contributed by atoms with Gasteiger partial charge in [0, 0.05) is 23.7 Å². The molecule has 0 bridgehead atoms. The number of hydrogen-bond acceptors (Lipinski definition) is 2. The number of ketones is 1. The smallest absolute Gasteiger partial charge is 0.337 e. The molecule has 0 aliphatic heterocycles. The number of nitrogens with zero attached hydrogens (tertiary/aromatic N) is 1. The van der Waals surface area contributed by atoms with Gasteiger partial charge in [-0.25, -0.2) is 4.79 Å². The Morgan fingerprint density at radius 2 is 1.95 bits per heavy atom. The molecule has 4 heteroatoms. The maximum absolute atomic E-state index is 11.8. The van der Waals surface area contributed by atoms with E-state index in [1.165, 1.54) is 6.92 Å². The van der Waals surface area contributed by atoms with Gasteiger partial charge in [0.15, 0.2) is 5.78 Å². The van der Waals surface area contributed by atoms with Gasteiger partial charge in [-0.15, -0.1) is 0 Å². The number of aromatic nitrogens is 1. The highest BCUT2D eigenvalue weighted by Crippen LogP contribution is 2.27. The number of hydrogen-bond donors (Lipinski definition) is 1. The van der Waals surface area contributed by atoms with Crippen molar-refractivity contribution in [2.75, 3.05) is 0 Å². The number of aromatic carboxylic acids is 1. The van der Waals surface area contributed by atoms with E-state index in [0.29, 0.717) is 11.1 Å². The number of carbonyl (C=O) groups is 2. The number of benzene rings is 1. The van der Waals surface area contributed by atoms with Crippen molar-refractivity contribution in [3.8, 4) is 0 Å². The second-order valence-electron chi connectivity index (χ2n) is 5.16. The first-order valence-corrected chi connectivity index (χ1v) is 6.83. The average Bonchev–Trinajstić information content (AvgIpc) is 2.73. The van der Waals surface area contributed by atoms with Crippen LogP contribution in [0.2, 0.25) is 0 Å². The Morgan fingerprint density at radius 3 is 2.50 bits per heavy atom. The van der Waals surface area contributed by atoms with Crippen LogP contribution < -0.4 is 0 Å². The van der Waals surface area contributed by atoms with Gasteiger partial charge in [-0.05, 0) is 38.0 Å². The van der Waals surface area contributed by atoms with Crippen molar-refractivity contribution in [1.29, 1.82) is 0 Å². The summed E-state index contributed by atoms with van der Waals surface area (Å²) < 4.78 is 1.90. The molecule has 0 spiro atoms. The van der Waals surface area contributed by atoms with E-state index >= 15 is 0 Å². The fraction of sp³-hybridized carbons (Fsp3) is 0.375. The lowest BCUT2D eigenvalue weighted by molar-refractivity contribution is 0.0698. The Hall–Kier alpha value is -2.10. The van der Waals surface area contributed by atoms with Crippen molar-refractivity contribution in [2.45, 2.75) is 40.2 Å². The molecule has 1 heterocycles. The summed E-state index contributed by atoms with van der Waals surface area (Å²) in [5.74, 6) is -0.989. The minimum absolute atomic E-state index is 0.0350. The number of fused-ring (bicyclic) bond motifs is 1. The molecular weight excluding hydrogens is 254 g/mol. The Kier molecular flexibility index (Phi) is 3.93. The largest absolute Gasteiger partial charge is 0.478 e. The molecular formula is C16H19NO3. The zero-order chi connectivity index (χ0) is 14.9. The summed E-state index contributed by atoms with van der Waals surface area (Å²) in [6.07, 6.45) is 3.76. The highest BCUT2D eigenvalue weighted by atomic mass is 16.4. The van der Waals surface area contributed by atoms with Crippen molar-refractivity contribution in [1.82, 2.24) is 4.57 Å². The summed E-state index contributed by atoms with van der Waals surface area (Å²) in [4.78, 5) is 23.3. The first kappa shape index (κ1) is 14.3. The van der Waals surface area contributed by atoms with E-state index in [2.05, 4.69) is 6.92 Å². The van der Waals surface area contributed by atoms with Crippen LogP contribution in [0.3, 0.4) is 0 Å². The molecule has 0 fully saturated rings. The SMILES string of the molecule is CCCCn1cc(C(C)=O)c2cc(C)cc(C(=O)O)c21. The highest BCUT2D eigenvalue weighted by molar-refractivity contribution is 6.12. The van der Waals surface area contributed by atoms with E-state index in [4.69, 9.17) is 0 Å². The molecule has 0 saturated carbocycles. The first-order chi connectivity index (χ1) is 9.45. The van der Waals surface area contributed by atoms with Crippen LogP contribution in [0, 0.1) is 6.92 Å². The maximum Gasteiger partial charge on any atom is 0.337 e. The molecule has 0 saturated heterocycles. The molecule has 0 amide bonds. The molecule has 106 valence electrons. The fourth-order valence-corrected chi connectivity index (χ4v) is 2.53. The third kappa shape index (κ3) is 2.46. The van der Waals surface area contributed by atoms with E-state index in [0.717, 1.165) is 30.3 Å². The van der Waals surface area contributed by atoms with Crippen LogP contribution in [0.4, 0.5) is 0 Å². The molecule has 0 aliphatic carbocycles. The van der Waals surface area contributed by atoms with Crippen LogP contribution in [0.15, 0.2) is 18.3 Å². The molecule has 1 aromatic heterocycles. The predicted molar refractivity (Wildman–Crippen MR) is 78.5 cm³/mol. The van der Waals surface area contributed by atoms with Crippen molar-refractivity contribution < 1.29 is 14.7 Å². The summed E-state index contributed by atoms with van der Waals surface area (Å²) in [5.41, 5.74) is 2.37. The fourth-order valence-electron chi connectivity index (χ4n) is 2.53. The predicted octanol–water partition coefficient (Wildman–Crippen LogP) is 3.65. The van der Waals surface area contributed by atoms with Crippen LogP contribution in [0.1, 0.15) is 53.0 Å². The molecule has 1 N–H and O–H groups in total. The zero-order valence-corrected chi connectivity index (χ0v) is 12.1. The van der Waals surface area contributed by atoms with Crippen LogP contribution in [-0.4, -0.2) is 21.4 Å². The Morgan fingerprint density at radius 1 is 1.25 bits per heavy atom. The van der Waals surface area contributed by atoms with Crippen molar-refractivity contribution in [3.05, 3.63) is 35.0 Å². The molecule has 0 aliphatic rings. The Labute approximate surface area is 118 Å². The molecule has 4 nitrogen and oxygen atoms in total. The van der Waals surface area contributed by atoms with Gasteiger partial charge in [-0.1, -0.05) is 13.3 Å². The van der Waals surface area contributed by atoms with Gasteiger partial charge in [-0.2, -0.15) is 0 Å². The first-order valence-electron chi connectivity index (χ1n) is 6.83. The normalized spacial score (nSPS) is 10.9. The third-order valence-corrected chi connectivity index (χ3v) is 3.48. The van der Waals surface area contributed by atoms with Crippen LogP contribution in [0.25, 0.3) is 10.9 Å². The van der Waals surface area contributed by atoms with Gasteiger partial charge in [0.05, 0.1) is 11.1 Å². The van der Waals surface area contributed by atoms with E-state index in [-0.39, 0.29) is 11.3 Å². The second-order valence-corrected chi connectivity index (χ2v) is 5.16. The molecule has 20 heavy (non-hydrogen) atoms. The van der Waals surface area contributed by atoms with E-state index in [1.54, 1.807) is 12.3 Å². The van der Waals surface area contributed by atoms with Gasteiger partial charge in [0.2, 0.25) is 0 Å². The molecule has 1 aromatic carbocycles. The number of carbonyl (C=O) groups excluding carboxylic acids is 1. The van der Waals surface area contributed by atoms with Crippen molar-refractivity contribution in [3.63, 3.8) is 0 Å². The lowest BCUT2D eigenvalue weighted by atomic mass is 10.0. The van der Waals surface area contributed by atoms with E-state index in [1.807, 2.05) is 17.6 Å². The summed E-state index contributed by atoms with van der Waals surface area (Å²) in [5, 5.41) is 10.1. The number of rotatable bonds is 5. The molecule has 0 unspecified atom stereocenters. The van der Waals surface area contributed by atoms with E-state index < -0.39 is 5.97 Å². The number of carboxylic acids is 1. The van der Waals surface area contributed by atoms with Gasteiger partial charge in [0.1, 0.15) is 0 Å². The van der Waals surface area contributed by atoms with Crippen LogP contribution in [0.5, 0.6) is 0 Å². The Balaban J connectivity index is 2.79. The number of unbranched alkanes of at least 4 members (excludes halogenated alkanes) is 1. The van der Waals surface area contributed by atoms with Crippen molar-refractivity contribution >= 4 is 22.7 Å². The molecule has 2 rings (SSSR count). The van der Waals surface area contributed by atoms with Crippen molar-refractivity contribution in [2.24, 2.45) is 0 Å². The van der Waals surface area contributed by atoms with Gasteiger partial charge < -0.3 is 9.67 Å². The topological polar surface area (TPSA) is 59.3 Å². The summed E-state index contributed by atoms with van der Waals surface area (Å²) >= 11 is 0. The Bertz CT molecular complexity index is 683. The van der Waals surface area contributed by atoms with E-state index in [9.17, 15) is 14.7 Å². The summed E-state index contributed by atoms with van der Waals surface area (Å²) in [6, 6.07) is 3.55. The number of carboxylic acid groups (broad SMARTS) is 1. The van der Waals surface area contributed by atoms with Gasteiger partial charge in [0.25, 0.3) is 0 Å². The summed E-state index contributed by atoms with van der Waals surface area (Å²) in [6.45, 7) is 6.17. The number of aryl methyl sites for hydroxylation is 2. The van der Waals surface area contributed by atoms with Crippen LogP contribution in [-0.2, 0) is 6.54 Å². The van der Waals surface area contributed by atoms with Gasteiger partial charge in [-0.3, -0.25) is 4.79 Å². The lowest BCUT2D eigenvalue weighted by Gasteiger charge is -2.07. The second kappa shape index (κ2) is 5.49. The summed E-state index contributed by atoms with van der Waals surface area (Å²) in [7, 11) is 0. The zero-order valence-electron chi connectivity index (χ0n) is 12.1. The number of Topliss-reactive ketones (excluding diaryl/α,β-unsaturated/α-hetero) is 1. The van der Waals surface area contributed by atoms with Crippen LogP contribution >= 0.6 is 0 Å². The molecule has 0 radical (unpaired) electrons. The standard InChI is InChI=1S/C16H19NO3/c1-4-5-6-17-9-14(11(3)18)12-7-10(2)8-13(15(12)17)16(19)20/h7-9H,4-6H2,1-3H3,(H,19,20).